The Morgan fingerprint density at radius 2 is 2.19 bits per heavy atom. The van der Waals surface area contributed by atoms with E-state index in [2.05, 4.69) is 13.0 Å². The average Bonchev–Trinajstić information content (AvgIpc) is 2.24. The second-order valence-electron chi connectivity index (χ2n) is 3.92. The van der Waals surface area contributed by atoms with Crippen molar-refractivity contribution in [2.75, 3.05) is 0 Å². The maximum absolute atomic E-state index is 10.8. The third-order valence-corrected chi connectivity index (χ3v) is 2.52. The van der Waals surface area contributed by atoms with Crippen LogP contribution in [0.5, 0.6) is 0 Å². The minimum atomic E-state index is -0.862. The predicted octanol–water partition coefficient (Wildman–Crippen LogP) is 3.90. The first-order valence-corrected chi connectivity index (χ1v) is 5.65. The lowest BCUT2D eigenvalue weighted by Gasteiger charge is -2.01. The van der Waals surface area contributed by atoms with Crippen LogP contribution in [0.15, 0.2) is 24.3 Å². The molecule has 0 radical (unpaired) electrons. The second kappa shape index (κ2) is 6.11. The maximum Gasteiger partial charge on any atom is 0.335 e. The fraction of sp³-hybridized carbons (Fsp3) is 0.357. The molecule has 0 fully saturated rings. The van der Waals surface area contributed by atoms with Crippen molar-refractivity contribution in [3.05, 3.63) is 41.0 Å². The molecule has 1 N–H and O–H groups in total. The number of rotatable bonds is 5. The van der Waals surface area contributed by atoms with Gasteiger partial charge in [0.25, 0.3) is 0 Å². The van der Waals surface area contributed by atoms with Crippen molar-refractivity contribution in [3.63, 3.8) is 0 Å². The van der Waals surface area contributed by atoms with Gasteiger partial charge in [0.1, 0.15) is 0 Å². The van der Waals surface area contributed by atoms with E-state index in [0.29, 0.717) is 5.56 Å². The molecule has 16 heavy (non-hydrogen) atoms. The smallest absolute Gasteiger partial charge is 0.335 e. The number of aromatic carboxylic acids is 1. The van der Waals surface area contributed by atoms with Crippen molar-refractivity contribution in [1.29, 1.82) is 0 Å². The van der Waals surface area contributed by atoms with Gasteiger partial charge in [0.05, 0.1) is 5.56 Å². The molecule has 86 valence electrons. The summed E-state index contributed by atoms with van der Waals surface area (Å²) in [6, 6.07) is 5.42. The Bertz CT molecular complexity index is 392. The van der Waals surface area contributed by atoms with Crippen LogP contribution in [-0.4, -0.2) is 11.1 Å². The maximum atomic E-state index is 10.8. The Morgan fingerprint density at radius 1 is 1.44 bits per heavy atom. The van der Waals surface area contributed by atoms with E-state index in [1.54, 1.807) is 6.07 Å². The number of benzene rings is 1. The average molecular weight is 218 g/mol. The summed E-state index contributed by atoms with van der Waals surface area (Å²) in [6.45, 7) is 3.99. The molecule has 2 nitrogen and oxygen atoms in total. The van der Waals surface area contributed by atoms with E-state index in [9.17, 15) is 4.79 Å². The molecule has 2 heteroatoms. The largest absolute Gasteiger partial charge is 0.478 e. The van der Waals surface area contributed by atoms with E-state index in [1.165, 1.54) is 12.8 Å². The Kier molecular flexibility index (Phi) is 4.77. The zero-order chi connectivity index (χ0) is 12.0. The Balaban J connectivity index is 2.73. The number of hydrogen-bond donors (Lipinski definition) is 1. The lowest BCUT2D eigenvalue weighted by atomic mass is 10.0. The van der Waals surface area contributed by atoms with Crippen LogP contribution < -0.4 is 0 Å². The van der Waals surface area contributed by atoms with Crippen molar-refractivity contribution in [3.8, 4) is 0 Å². The summed E-state index contributed by atoms with van der Waals surface area (Å²) in [5, 5.41) is 8.88. The third-order valence-electron chi connectivity index (χ3n) is 2.52. The van der Waals surface area contributed by atoms with Crippen LogP contribution in [-0.2, 0) is 0 Å². The van der Waals surface area contributed by atoms with Crippen molar-refractivity contribution in [2.45, 2.75) is 33.1 Å². The molecule has 1 rings (SSSR count). The zero-order valence-electron chi connectivity index (χ0n) is 9.86. The fourth-order valence-corrected chi connectivity index (χ4v) is 1.57. The highest BCUT2D eigenvalue weighted by Gasteiger charge is 2.05. The number of hydrogen-bond acceptors (Lipinski definition) is 1. The van der Waals surface area contributed by atoms with Crippen LogP contribution in [0.3, 0.4) is 0 Å². The van der Waals surface area contributed by atoms with Crippen molar-refractivity contribution < 1.29 is 9.90 Å². The molecule has 0 aliphatic rings. The molecule has 0 saturated carbocycles. The number of carbonyl (C=O) groups is 1. The molecule has 0 aromatic heterocycles. The molecule has 0 amide bonds. The van der Waals surface area contributed by atoms with Gasteiger partial charge in [-0.15, -0.1) is 0 Å². The van der Waals surface area contributed by atoms with E-state index in [1.807, 2.05) is 25.1 Å². The van der Waals surface area contributed by atoms with Gasteiger partial charge in [-0.3, -0.25) is 0 Å². The van der Waals surface area contributed by atoms with Crippen LogP contribution in [0.4, 0.5) is 0 Å². The van der Waals surface area contributed by atoms with Crippen LogP contribution in [0.2, 0.25) is 0 Å². The number of carboxylic acid groups (broad SMARTS) is 1. The molecular weight excluding hydrogens is 200 g/mol. The number of carboxylic acids is 1. The molecule has 0 bridgehead atoms. The minimum Gasteiger partial charge on any atom is -0.478 e. The summed E-state index contributed by atoms with van der Waals surface area (Å²) in [5.41, 5.74) is 2.26. The van der Waals surface area contributed by atoms with E-state index >= 15 is 0 Å². The summed E-state index contributed by atoms with van der Waals surface area (Å²) in [7, 11) is 0. The molecule has 0 atom stereocenters. The lowest BCUT2D eigenvalue weighted by molar-refractivity contribution is 0.0696. The normalized spacial score (nSPS) is 10.9. The summed E-state index contributed by atoms with van der Waals surface area (Å²) in [4.78, 5) is 10.8. The fourth-order valence-electron chi connectivity index (χ4n) is 1.57. The highest BCUT2D eigenvalue weighted by Crippen LogP contribution is 2.13. The van der Waals surface area contributed by atoms with Gasteiger partial charge in [0.15, 0.2) is 0 Å². The summed E-state index contributed by atoms with van der Waals surface area (Å²) >= 11 is 0. The topological polar surface area (TPSA) is 37.3 Å². The summed E-state index contributed by atoms with van der Waals surface area (Å²) < 4.78 is 0. The van der Waals surface area contributed by atoms with Gasteiger partial charge in [0, 0.05) is 0 Å². The van der Waals surface area contributed by atoms with Gasteiger partial charge in [-0.25, -0.2) is 4.79 Å². The van der Waals surface area contributed by atoms with E-state index in [0.717, 1.165) is 17.5 Å². The first-order valence-electron chi connectivity index (χ1n) is 5.65. The molecule has 0 saturated heterocycles. The van der Waals surface area contributed by atoms with Crippen LogP contribution in [0, 0.1) is 6.92 Å². The SMILES string of the molecule is CCCCC=Cc1ccc(C(=O)O)c(C)c1. The summed E-state index contributed by atoms with van der Waals surface area (Å²) in [6.07, 6.45) is 7.66. The number of aryl methyl sites for hydroxylation is 1. The first-order chi connectivity index (χ1) is 7.65. The summed E-state index contributed by atoms with van der Waals surface area (Å²) in [5.74, 6) is -0.862. The van der Waals surface area contributed by atoms with Gasteiger partial charge in [-0.1, -0.05) is 44.1 Å². The zero-order valence-corrected chi connectivity index (χ0v) is 9.86. The molecule has 0 unspecified atom stereocenters. The number of unbranched alkanes of at least 4 members (excludes halogenated alkanes) is 2. The molecular formula is C14H18O2. The minimum absolute atomic E-state index is 0.380. The van der Waals surface area contributed by atoms with Crippen LogP contribution in [0.25, 0.3) is 6.08 Å². The Morgan fingerprint density at radius 3 is 2.75 bits per heavy atom. The first kappa shape index (κ1) is 12.5. The van der Waals surface area contributed by atoms with Crippen molar-refractivity contribution in [1.82, 2.24) is 0 Å². The van der Waals surface area contributed by atoms with Gasteiger partial charge >= 0.3 is 5.97 Å². The van der Waals surface area contributed by atoms with Crippen molar-refractivity contribution >= 4 is 12.0 Å². The molecule has 1 aromatic carbocycles. The quantitative estimate of drug-likeness (QED) is 0.761. The molecule has 0 heterocycles. The van der Waals surface area contributed by atoms with E-state index in [4.69, 9.17) is 5.11 Å². The van der Waals surface area contributed by atoms with Gasteiger partial charge < -0.3 is 5.11 Å². The molecule has 1 aromatic rings. The van der Waals surface area contributed by atoms with Crippen LogP contribution in [0.1, 0.15) is 47.7 Å². The van der Waals surface area contributed by atoms with E-state index < -0.39 is 5.97 Å². The van der Waals surface area contributed by atoms with Crippen LogP contribution >= 0.6 is 0 Å². The lowest BCUT2D eigenvalue weighted by Crippen LogP contribution is -1.99. The standard InChI is InChI=1S/C14H18O2/c1-3-4-5-6-7-12-8-9-13(14(15)16)11(2)10-12/h6-10H,3-5H2,1-2H3,(H,15,16). The van der Waals surface area contributed by atoms with Gasteiger partial charge in [-0.2, -0.15) is 0 Å². The third kappa shape index (κ3) is 3.54. The molecule has 0 spiro atoms. The van der Waals surface area contributed by atoms with Crippen molar-refractivity contribution in [2.24, 2.45) is 0 Å². The number of allylic oxidation sites excluding steroid dienone is 1. The van der Waals surface area contributed by atoms with Gasteiger partial charge in [-0.05, 0) is 30.5 Å². The Hall–Kier alpha value is -1.57. The predicted molar refractivity (Wildman–Crippen MR) is 66.7 cm³/mol. The second-order valence-corrected chi connectivity index (χ2v) is 3.92. The molecule has 0 aliphatic carbocycles. The highest BCUT2D eigenvalue weighted by molar-refractivity contribution is 5.89. The highest BCUT2D eigenvalue weighted by atomic mass is 16.4. The van der Waals surface area contributed by atoms with E-state index in [-0.39, 0.29) is 0 Å². The monoisotopic (exact) mass is 218 g/mol. The Labute approximate surface area is 96.6 Å². The molecule has 0 aliphatic heterocycles. The van der Waals surface area contributed by atoms with Gasteiger partial charge in [0.2, 0.25) is 0 Å².